The summed E-state index contributed by atoms with van der Waals surface area (Å²) in [5.41, 5.74) is 2.17. The van der Waals surface area contributed by atoms with E-state index in [0.717, 1.165) is 31.1 Å². The van der Waals surface area contributed by atoms with E-state index in [4.69, 9.17) is 5.11 Å². The molecule has 0 saturated heterocycles. The molecular formula is C22H33BrO4. The minimum absolute atomic E-state index is 0.191. The van der Waals surface area contributed by atoms with Gasteiger partial charge < -0.3 is 15.3 Å². The van der Waals surface area contributed by atoms with E-state index in [1.807, 2.05) is 0 Å². The normalized spacial score (nSPS) is 52.2. The summed E-state index contributed by atoms with van der Waals surface area (Å²) in [7, 11) is 0. The average Bonchev–Trinajstić information content (AvgIpc) is 3.27. The van der Waals surface area contributed by atoms with Crippen LogP contribution in [0.5, 0.6) is 0 Å². The third kappa shape index (κ3) is 3.03. The largest absolute Gasteiger partial charge is 0.481 e. The number of fused-ring (bicyclic) bond motifs is 4. The molecule has 152 valence electrons. The van der Waals surface area contributed by atoms with E-state index in [9.17, 15) is 15.0 Å². The van der Waals surface area contributed by atoms with Crippen LogP contribution >= 0.6 is 15.9 Å². The Kier molecular flexibility index (Phi) is 5.04. The van der Waals surface area contributed by atoms with Gasteiger partial charge >= 0.3 is 5.97 Å². The molecule has 5 heteroatoms. The van der Waals surface area contributed by atoms with Crippen molar-refractivity contribution in [3.05, 3.63) is 11.6 Å². The summed E-state index contributed by atoms with van der Waals surface area (Å²) < 4.78 is 0. The molecule has 1 spiro atoms. The molecule has 0 amide bonds. The first-order valence-electron chi connectivity index (χ1n) is 10.7. The predicted molar refractivity (Wildman–Crippen MR) is 108 cm³/mol. The van der Waals surface area contributed by atoms with E-state index in [0.29, 0.717) is 22.1 Å². The molecule has 4 unspecified atom stereocenters. The molecule has 0 aromatic rings. The molecule has 4 nitrogen and oxygen atoms in total. The van der Waals surface area contributed by atoms with Crippen molar-refractivity contribution in [1.82, 2.24) is 0 Å². The van der Waals surface area contributed by atoms with Crippen molar-refractivity contribution < 1.29 is 20.1 Å². The highest BCUT2D eigenvalue weighted by Crippen LogP contribution is 2.77. The fourth-order valence-corrected chi connectivity index (χ4v) is 8.37. The van der Waals surface area contributed by atoms with Crippen LogP contribution in [0.3, 0.4) is 0 Å². The molecule has 27 heavy (non-hydrogen) atoms. The molecular weight excluding hydrogens is 408 g/mol. The number of rotatable bonds is 1. The Morgan fingerprint density at radius 3 is 2.56 bits per heavy atom. The quantitative estimate of drug-likeness (QED) is 0.422. The van der Waals surface area contributed by atoms with Gasteiger partial charge in [0.05, 0.1) is 12.2 Å². The van der Waals surface area contributed by atoms with Crippen LogP contribution in [0.2, 0.25) is 0 Å². The first kappa shape index (κ1) is 19.9. The molecule has 3 N–H and O–H groups in total. The van der Waals surface area contributed by atoms with Crippen molar-refractivity contribution in [2.75, 3.05) is 0 Å². The molecule has 0 aliphatic heterocycles. The van der Waals surface area contributed by atoms with Crippen molar-refractivity contribution in [3.63, 3.8) is 0 Å². The van der Waals surface area contributed by atoms with E-state index < -0.39 is 5.97 Å². The van der Waals surface area contributed by atoms with Gasteiger partial charge in [-0.2, -0.15) is 0 Å². The molecule has 0 aromatic heterocycles. The van der Waals surface area contributed by atoms with Gasteiger partial charge in [0.2, 0.25) is 0 Å². The van der Waals surface area contributed by atoms with Crippen LogP contribution in [0, 0.1) is 34.5 Å². The second-order valence-electron chi connectivity index (χ2n) is 9.87. The number of alkyl halides is 1. The summed E-state index contributed by atoms with van der Waals surface area (Å²) in [5.74, 6) is 1.95. The Balaban J connectivity index is 0.000000323. The van der Waals surface area contributed by atoms with Crippen LogP contribution in [0.1, 0.15) is 65.2 Å². The Bertz CT molecular complexity index is 648. The third-order valence-corrected chi connectivity index (χ3v) is 9.77. The number of carbonyl (C=O) groups is 1. The van der Waals surface area contributed by atoms with E-state index in [1.165, 1.54) is 31.3 Å². The van der Waals surface area contributed by atoms with Crippen molar-refractivity contribution in [3.8, 4) is 0 Å². The molecule has 0 radical (unpaired) electrons. The highest BCUT2D eigenvalue weighted by atomic mass is 79.9. The second kappa shape index (κ2) is 6.84. The summed E-state index contributed by atoms with van der Waals surface area (Å²) in [4.78, 5) is 10.1. The van der Waals surface area contributed by atoms with Gasteiger partial charge in [-0.05, 0) is 79.4 Å². The molecule has 4 fully saturated rings. The van der Waals surface area contributed by atoms with Crippen molar-refractivity contribution in [2.45, 2.75) is 82.2 Å². The standard InChI is InChI=1S/C19H27BrO2.C3H6O2/c1-18-4-2-11(21)6-10(18)7-16(22)17-12(18)3-5-19-9-14(19)15(20)8-13(17)19;1-2-3(4)5/h7,11-17,21-22H,2-6,8-9H2,1H3;2H2,1H3,(H,4,5)/t11-,12?,13?,14?,15+,16-,17?,18-,19+;/m0./s1. The zero-order valence-electron chi connectivity index (χ0n) is 16.4. The van der Waals surface area contributed by atoms with Gasteiger partial charge in [-0.15, -0.1) is 0 Å². The van der Waals surface area contributed by atoms with Crippen molar-refractivity contribution >= 4 is 21.9 Å². The van der Waals surface area contributed by atoms with Gasteiger partial charge in [-0.25, -0.2) is 0 Å². The zero-order chi connectivity index (χ0) is 19.6. The Morgan fingerprint density at radius 2 is 1.93 bits per heavy atom. The lowest BCUT2D eigenvalue weighted by Gasteiger charge is -2.57. The van der Waals surface area contributed by atoms with Crippen molar-refractivity contribution in [2.24, 2.45) is 34.5 Å². The number of halogens is 1. The van der Waals surface area contributed by atoms with E-state index in [2.05, 4.69) is 28.9 Å². The number of hydrogen-bond donors (Lipinski definition) is 3. The predicted octanol–water partition coefficient (Wildman–Crippen LogP) is 4.14. The molecule has 5 aliphatic rings. The smallest absolute Gasteiger partial charge is 0.303 e. The molecule has 4 saturated carbocycles. The molecule has 5 aliphatic carbocycles. The number of aliphatic hydroxyl groups excluding tert-OH is 2. The van der Waals surface area contributed by atoms with Gasteiger partial charge in [0.1, 0.15) is 0 Å². The van der Waals surface area contributed by atoms with Crippen LogP contribution in [-0.2, 0) is 4.79 Å². The van der Waals surface area contributed by atoms with Crippen LogP contribution in [0.25, 0.3) is 0 Å². The van der Waals surface area contributed by atoms with E-state index in [-0.39, 0.29) is 24.0 Å². The van der Waals surface area contributed by atoms with Gasteiger partial charge in [-0.1, -0.05) is 41.4 Å². The molecule has 0 heterocycles. The molecule has 9 atom stereocenters. The van der Waals surface area contributed by atoms with Gasteiger partial charge in [0, 0.05) is 11.2 Å². The maximum absolute atomic E-state index is 10.9. The maximum atomic E-state index is 10.9. The fourth-order valence-electron chi connectivity index (χ4n) is 7.25. The topological polar surface area (TPSA) is 77.8 Å². The van der Waals surface area contributed by atoms with Crippen LogP contribution in [0.4, 0.5) is 0 Å². The number of carboxylic acid groups (broad SMARTS) is 1. The lowest BCUT2D eigenvalue weighted by Crippen LogP contribution is -2.52. The molecule has 0 bridgehead atoms. The number of aliphatic carboxylic acids is 1. The first-order valence-corrected chi connectivity index (χ1v) is 11.6. The van der Waals surface area contributed by atoms with Crippen LogP contribution < -0.4 is 0 Å². The minimum atomic E-state index is -0.745. The Morgan fingerprint density at radius 1 is 1.22 bits per heavy atom. The Labute approximate surface area is 170 Å². The van der Waals surface area contributed by atoms with Gasteiger partial charge in [0.15, 0.2) is 0 Å². The SMILES string of the molecule is CCC(=O)O.C[C@]12CC[C@H](O)CC1=C[C@H](O)C1C3C[C@@H](Br)C4C[C@]34CCC12. The number of aliphatic hydroxyl groups is 2. The lowest BCUT2D eigenvalue weighted by molar-refractivity contribution is -0.136. The van der Waals surface area contributed by atoms with Crippen LogP contribution in [-0.4, -0.2) is 38.3 Å². The maximum Gasteiger partial charge on any atom is 0.303 e. The van der Waals surface area contributed by atoms with Gasteiger partial charge in [-0.3, -0.25) is 4.79 Å². The van der Waals surface area contributed by atoms with E-state index >= 15 is 0 Å². The zero-order valence-corrected chi connectivity index (χ0v) is 18.0. The third-order valence-electron chi connectivity index (χ3n) is 8.76. The second-order valence-corrected chi connectivity index (χ2v) is 11.0. The van der Waals surface area contributed by atoms with E-state index in [1.54, 1.807) is 6.92 Å². The first-order chi connectivity index (χ1) is 12.7. The number of hydrogen-bond acceptors (Lipinski definition) is 3. The highest BCUT2D eigenvalue weighted by molar-refractivity contribution is 9.09. The summed E-state index contributed by atoms with van der Waals surface area (Å²) in [5, 5.41) is 28.7. The lowest BCUT2D eigenvalue weighted by atomic mass is 9.49. The van der Waals surface area contributed by atoms with Gasteiger partial charge in [0.25, 0.3) is 0 Å². The monoisotopic (exact) mass is 440 g/mol. The average molecular weight is 441 g/mol. The molecule has 5 rings (SSSR count). The number of carboxylic acids is 1. The fraction of sp³-hybridized carbons (Fsp3) is 0.864. The summed E-state index contributed by atoms with van der Waals surface area (Å²) >= 11 is 3.93. The Hall–Kier alpha value is -0.390. The molecule has 0 aromatic carbocycles. The summed E-state index contributed by atoms with van der Waals surface area (Å²) in [6, 6.07) is 0. The highest BCUT2D eigenvalue weighted by Gasteiger charge is 2.71. The van der Waals surface area contributed by atoms with Crippen LogP contribution in [0.15, 0.2) is 11.6 Å². The minimum Gasteiger partial charge on any atom is -0.481 e. The van der Waals surface area contributed by atoms with Crippen molar-refractivity contribution in [1.29, 1.82) is 0 Å². The summed E-state index contributed by atoms with van der Waals surface area (Å²) in [6.45, 7) is 4.03. The summed E-state index contributed by atoms with van der Waals surface area (Å²) in [6.07, 6.45) is 10.1.